The molecule has 0 aromatic carbocycles. The molecule has 4 aliphatic rings. The Kier molecular flexibility index (Phi) is 6.65. The van der Waals surface area contributed by atoms with Crippen LogP contribution in [0.1, 0.15) is 112 Å². The van der Waals surface area contributed by atoms with Gasteiger partial charge < -0.3 is 10.6 Å². The van der Waals surface area contributed by atoms with E-state index in [1.165, 1.54) is 38.5 Å². The number of aromatic nitrogens is 2. The molecule has 4 bridgehead atoms. The highest BCUT2D eigenvalue weighted by molar-refractivity contribution is 5.93. The molecule has 0 aliphatic heterocycles. The summed E-state index contributed by atoms with van der Waals surface area (Å²) in [6, 6.07) is 11.0. The van der Waals surface area contributed by atoms with E-state index in [0.29, 0.717) is 22.2 Å². The molecule has 6 rings (SSSR count). The first-order chi connectivity index (χ1) is 17.2. The van der Waals surface area contributed by atoms with Crippen molar-refractivity contribution in [2.45, 2.75) is 102 Å². The van der Waals surface area contributed by atoms with Crippen LogP contribution in [0.15, 0.2) is 48.8 Å². The van der Waals surface area contributed by atoms with Crippen LogP contribution in [0.2, 0.25) is 0 Å². The van der Waals surface area contributed by atoms with E-state index in [1.807, 2.05) is 24.3 Å². The largest absolute Gasteiger partial charge is 0.345 e. The Bertz CT molecular complexity index is 1010. The third-order valence-corrected chi connectivity index (χ3v) is 9.37. The Morgan fingerprint density at radius 2 is 1.08 bits per heavy atom. The van der Waals surface area contributed by atoms with Gasteiger partial charge in [-0.2, -0.15) is 0 Å². The lowest BCUT2D eigenvalue weighted by Crippen LogP contribution is -2.48. The van der Waals surface area contributed by atoms with Crippen molar-refractivity contribution >= 4 is 11.8 Å². The molecule has 192 valence electrons. The molecule has 2 aromatic rings. The maximum absolute atomic E-state index is 12.2. The lowest BCUT2D eigenvalue weighted by molar-refractivity contribution is 0.0847. The Morgan fingerprint density at radius 3 is 1.47 bits per heavy atom. The van der Waals surface area contributed by atoms with Gasteiger partial charge in [-0.1, -0.05) is 38.8 Å². The van der Waals surface area contributed by atoms with Crippen molar-refractivity contribution in [2.75, 3.05) is 0 Å². The highest BCUT2D eigenvalue weighted by atomic mass is 16.2. The zero-order valence-corrected chi connectivity index (χ0v) is 21.8. The average Bonchev–Trinajstić information content (AvgIpc) is 3.26. The van der Waals surface area contributed by atoms with Gasteiger partial charge in [0.15, 0.2) is 0 Å². The standard InChI is InChI=1S/2C15H20N2O/c2*1-14-6-4-7-15(11-14,9-8-14)17-13(18)12-5-2-3-10-16-12/h2*2-3,5,10H,4,6-9,11H2,1H3,(H,17,18)/t2*14-,15-/m10/s1. The molecule has 0 saturated heterocycles. The second-order valence-electron chi connectivity index (χ2n) is 12.6. The molecule has 6 heteroatoms. The fraction of sp³-hybridized carbons (Fsp3) is 0.600. The summed E-state index contributed by atoms with van der Waals surface area (Å²) in [4.78, 5) is 32.7. The van der Waals surface area contributed by atoms with E-state index in [-0.39, 0.29) is 22.9 Å². The lowest BCUT2D eigenvalue weighted by Gasteiger charge is -2.38. The molecule has 2 amide bonds. The van der Waals surface area contributed by atoms with Crippen molar-refractivity contribution in [3.63, 3.8) is 0 Å². The Labute approximate surface area is 215 Å². The zero-order chi connectivity index (χ0) is 25.3. The lowest BCUT2D eigenvalue weighted by atomic mass is 9.74. The fourth-order valence-electron chi connectivity index (χ4n) is 7.57. The summed E-state index contributed by atoms with van der Waals surface area (Å²) in [5.41, 5.74) is 2.06. The molecule has 36 heavy (non-hydrogen) atoms. The van der Waals surface area contributed by atoms with Crippen molar-refractivity contribution in [3.8, 4) is 0 Å². The van der Waals surface area contributed by atoms with Crippen molar-refractivity contribution in [3.05, 3.63) is 60.2 Å². The Morgan fingerprint density at radius 1 is 0.639 bits per heavy atom. The number of fused-ring (bicyclic) bond motifs is 4. The number of nitrogens with one attached hydrogen (secondary N) is 2. The maximum atomic E-state index is 12.2. The average molecular weight is 489 g/mol. The molecular weight excluding hydrogens is 448 g/mol. The minimum absolute atomic E-state index is 0.0123. The summed E-state index contributed by atoms with van der Waals surface area (Å²) in [5.74, 6) is -0.0245. The van der Waals surface area contributed by atoms with E-state index in [9.17, 15) is 9.59 Å². The molecule has 0 unspecified atom stereocenters. The van der Waals surface area contributed by atoms with Gasteiger partial charge in [0.2, 0.25) is 0 Å². The molecule has 0 spiro atoms. The number of carbonyl (C=O) groups is 2. The van der Waals surface area contributed by atoms with Crippen LogP contribution in [-0.4, -0.2) is 32.9 Å². The van der Waals surface area contributed by atoms with Crippen LogP contribution >= 0.6 is 0 Å². The second kappa shape index (κ2) is 9.60. The number of rotatable bonds is 4. The van der Waals surface area contributed by atoms with Crippen molar-refractivity contribution < 1.29 is 9.59 Å². The van der Waals surface area contributed by atoms with Gasteiger partial charge in [-0.15, -0.1) is 0 Å². The number of hydrogen-bond donors (Lipinski definition) is 2. The number of nitrogens with zero attached hydrogens (tertiary/aromatic N) is 2. The van der Waals surface area contributed by atoms with Gasteiger partial charge in [0.25, 0.3) is 11.8 Å². The minimum atomic E-state index is -0.0123. The van der Waals surface area contributed by atoms with Gasteiger partial charge in [-0.05, 0) is 99.3 Å². The summed E-state index contributed by atoms with van der Waals surface area (Å²) in [5, 5.41) is 6.53. The van der Waals surface area contributed by atoms with Gasteiger partial charge in [-0.25, -0.2) is 0 Å². The minimum Gasteiger partial charge on any atom is -0.345 e. The van der Waals surface area contributed by atoms with E-state index in [2.05, 4.69) is 34.4 Å². The Hall–Kier alpha value is -2.76. The Balaban J connectivity index is 0.000000148. The number of hydrogen-bond acceptors (Lipinski definition) is 4. The molecule has 6 nitrogen and oxygen atoms in total. The highest BCUT2D eigenvalue weighted by Crippen LogP contribution is 2.54. The molecule has 4 saturated carbocycles. The number of carbonyl (C=O) groups excluding carboxylic acids is 2. The summed E-state index contributed by atoms with van der Waals surface area (Å²) < 4.78 is 0. The quantitative estimate of drug-likeness (QED) is 0.566. The van der Waals surface area contributed by atoms with Crippen LogP contribution in [0.4, 0.5) is 0 Å². The molecule has 4 atom stereocenters. The van der Waals surface area contributed by atoms with Crippen molar-refractivity contribution in [2.24, 2.45) is 10.8 Å². The predicted octanol–water partition coefficient (Wildman–Crippen LogP) is 5.85. The van der Waals surface area contributed by atoms with Crippen LogP contribution < -0.4 is 10.6 Å². The summed E-state index contributed by atoms with van der Waals surface area (Å²) >= 11 is 0. The number of pyridine rings is 2. The van der Waals surface area contributed by atoms with E-state index < -0.39 is 0 Å². The molecule has 2 heterocycles. The third kappa shape index (κ3) is 5.33. The second-order valence-corrected chi connectivity index (χ2v) is 12.6. The first-order valence-electron chi connectivity index (χ1n) is 13.7. The highest BCUT2D eigenvalue weighted by Gasteiger charge is 2.50. The van der Waals surface area contributed by atoms with Crippen LogP contribution in [0.5, 0.6) is 0 Å². The van der Waals surface area contributed by atoms with Crippen molar-refractivity contribution in [1.29, 1.82) is 0 Å². The van der Waals surface area contributed by atoms with Gasteiger partial charge in [-0.3, -0.25) is 19.6 Å². The van der Waals surface area contributed by atoms with Crippen molar-refractivity contribution in [1.82, 2.24) is 20.6 Å². The molecule has 4 fully saturated rings. The summed E-state index contributed by atoms with van der Waals surface area (Å²) in [7, 11) is 0. The van der Waals surface area contributed by atoms with Crippen LogP contribution in [0.3, 0.4) is 0 Å². The summed E-state index contributed by atoms with van der Waals surface area (Å²) in [6.07, 6.45) is 17.7. The van der Waals surface area contributed by atoms with E-state index >= 15 is 0 Å². The van der Waals surface area contributed by atoms with E-state index in [4.69, 9.17) is 0 Å². The molecule has 0 radical (unpaired) electrons. The molecule has 2 N–H and O–H groups in total. The van der Waals surface area contributed by atoms with Crippen LogP contribution in [0.25, 0.3) is 0 Å². The van der Waals surface area contributed by atoms with E-state index in [1.54, 1.807) is 24.5 Å². The third-order valence-electron chi connectivity index (χ3n) is 9.37. The van der Waals surface area contributed by atoms with Crippen LogP contribution in [-0.2, 0) is 0 Å². The summed E-state index contributed by atoms with van der Waals surface area (Å²) in [6.45, 7) is 4.72. The van der Waals surface area contributed by atoms with Gasteiger partial charge in [0, 0.05) is 23.5 Å². The van der Waals surface area contributed by atoms with Gasteiger partial charge in [0.1, 0.15) is 11.4 Å². The first kappa shape index (κ1) is 24.9. The van der Waals surface area contributed by atoms with Crippen LogP contribution in [0, 0.1) is 10.8 Å². The molecule has 2 aromatic heterocycles. The zero-order valence-electron chi connectivity index (χ0n) is 21.8. The maximum Gasteiger partial charge on any atom is 0.270 e. The number of amides is 2. The van der Waals surface area contributed by atoms with Gasteiger partial charge >= 0.3 is 0 Å². The SMILES string of the molecule is C[C@@]12CCC[C@@](NC(=O)c3ccccn3)(CC1)C2.C[C@]12CCC[C@](NC(=O)c3ccccn3)(CC1)C2. The topological polar surface area (TPSA) is 84.0 Å². The monoisotopic (exact) mass is 488 g/mol. The fourth-order valence-corrected chi connectivity index (χ4v) is 7.57. The molecule has 4 aliphatic carbocycles. The van der Waals surface area contributed by atoms with Gasteiger partial charge in [0.05, 0.1) is 0 Å². The predicted molar refractivity (Wildman–Crippen MR) is 140 cm³/mol. The molecular formula is C30H40N4O2. The smallest absolute Gasteiger partial charge is 0.270 e. The normalized spacial score (nSPS) is 34.3. The first-order valence-corrected chi connectivity index (χ1v) is 13.7. The van der Waals surface area contributed by atoms with E-state index in [0.717, 1.165) is 38.5 Å².